The number of fused-ring (bicyclic) bond motifs is 1. The minimum absolute atomic E-state index is 0.0895. The van der Waals surface area contributed by atoms with Crippen molar-refractivity contribution in [2.24, 2.45) is 0 Å². The zero-order valence-corrected chi connectivity index (χ0v) is 18.1. The number of carbonyl (C=O) groups is 1. The standard InChI is InChI=1S/C24H31N3O2/c1-6-19-11-13-20(14-12-19)29-16-23-25-21-9-7-8-10-22(21)26(23)15-24(28)27(17(2)3)18(4)5/h7-14,17-18H,6,15-16H2,1-5H3. The largest absolute Gasteiger partial charge is 0.486 e. The van der Waals surface area contributed by atoms with Gasteiger partial charge in [-0.2, -0.15) is 0 Å². The van der Waals surface area contributed by atoms with Crippen molar-refractivity contribution in [3.05, 3.63) is 59.9 Å². The van der Waals surface area contributed by atoms with Crippen LogP contribution in [0.3, 0.4) is 0 Å². The summed E-state index contributed by atoms with van der Waals surface area (Å²) in [6.07, 6.45) is 1.00. The summed E-state index contributed by atoms with van der Waals surface area (Å²) in [5.41, 5.74) is 3.10. The van der Waals surface area contributed by atoms with Crippen LogP contribution in [-0.2, 0) is 24.4 Å². The van der Waals surface area contributed by atoms with E-state index in [1.54, 1.807) is 0 Å². The molecule has 3 rings (SSSR count). The number of nitrogens with zero attached hydrogens (tertiary/aromatic N) is 3. The molecule has 0 bridgehead atoms. The Morgan fingerprint density at radius 1 is 1.03 bits per heavy atom. The van der Waals surface area contributed by atoms with Gasteiger partial charge in [0.25, 0.3) is 0 Å². The minimum atomic E-state index is 0.0895. The van der Waals surface area contributed by atoms with Gasteiger partial charge in [-0.3, -0.25) is 4.79 Å². The van der Waals surface area contributed by atoms with E-state index < -0.39 is 0 Å². The summed E-state index contributed by atoms with van der Waals surface area (Å²) >= 11 is 0. The van der Waals surface area contributed by atoms with Crippen LogP contribution in [0.4, 0.5) is 0 Å². The Balaban J connectivity index is 1.86. The molecule has 0 N–H and O–H groups in total. The Hall–Kier alpha value is -2.82. The van der Waals surface area contributed by atoms with E-state index in [0.29, 0.717) is 6.61 Å². The predicted octanol–water partition coefficient (Wildman–Crippen LogP) is 4.82. The number of aryl methyl sites for hydroxylation is 1. The van der Waals surface area contributed by atoms with Crippen molar-refractivity contribution in [3.8, 4) is 5.75 Å². The van der Waals surface area contributed by atoms with Gasteiger partial charge in [-0.15, -0.1) is 0 Å². The predicted molar refractivity (Wildman–Crippen MR) is 117 cm³/mol. The fourth-order valence-corrected chi connectivity index (χ4v) is 3.77. The quantitative estimate of drug-likeness (QED) is 0.551. The molecule has 0 spiro atoms. The second kappa shape index (κ2) is 9.12. The van der Waals surface area contributed by atoms with Crippen molar-refractivity contribution >= 4 is 16.9 Å². The van der Waals surface area contributed by atoms with Gasteiger partial charge < -0.3 is 14.2 Å². The highest BCUT2D eigenvalue weighted by atomic mass is 16.5. The highest BCUT2D eigenvalue weighted by molar-refractivity contribution is 5.81. The van der Waals surface area contributed by atoms with Crippen LogP contribution in [0.5, 0.6) is 5.75 Å². The first-order valence-electron chi connectivity index (χ1n) is 10.4. The Morgan fingerprint density at radius 2 is 1.69 bits per heavy atom. The molecule has 5 heteroatoms. The van der Waals surface area contributed by atoms with E-state index in [9.17, 15) is 4.79 Å². The van der Waals surface area contributed by atoms with Gasteiger partial charge in [-0.25, -0.2) is 4.98 Å². The summed E-state index contributed by atoms with van der Waals surface area (Å²) in [5, 5.41) is 0. The number of benzene rings is 2. The normalized spacial score (nSPS) is 11.4. The van der Waals surface area contributed by atoms with Crippen LogP contribution in [0.25, 0.3) is 11.0 Å². The van der Waals surface area contributed by atoms with Crippen LogP contribution < -0.4 is 4.74 Å². The number of carbonyl (C=O) groups excluding carboxylic acids is 1. The summed E-state index contributed by atoms with van der Waals surface area (Å²) in [6.45, 7) is 10.9. The van der Waals surface area contributed by atoms with Gasteiger partial charge in [0.05, 0.1) is 11.0 Å². The number of amides is 1. The fraction of sp³-hybridized carbons (Fsp3) is 0.417. The Morgan fingerprint density at radius 3 is 2.31 bits per heavy atom. The molecule has 1 aromatic heterocycles. The van der Waals surface area contributed by atoms with Crippen molar-refractivity contribution in [2.45, 2.75) is 66.3 Å². The molecule has 2 aromatic carbocycles. The highest BCUT2D eigenvalue weighted by Gasteiger charge is 2.22. The van der Waals surface area contributed by atoms with Crippen LogP contribution in [0.2, 0.25) is 0 Å². The average molecular weight is 394 g/mol. The lowest BCUT2D eigenvalue weighted by atomic mass is 10.2. The number of ether oxygens (including phenoxy) is 1. The van der Waals surface area contributed by atoms with Crippen molar-refractivity contribution in [3.63, 3.8) is 0 Å². The summed E-state index contributed by atoms with van der Waals surface area (Å²) < 4.78 is 7.97. The van der Waals surface area contributed by atoms with Gasteiger partial charge in [-0.1, -0.05) is 31.2 Å². The minimum Gasteiger partial charge on any atom is -0.486 e. The van der Waals surface area contributed by atoms with E-state index >= 15 is 0 Å². The lowest BCUT2D eigenvalue weighted by Crippen LogP contribution is -2.43. The third kappa shape index (κ3) is 4.78. The van der Waals surface area contributed by atoms with Gasteiger partial charge in [0.2, 0.25) is 5.91 Å². The number of rotatable bonds is 8. The van der Waals surface area contributed by atoms with Crippen molar-refractivity contribution in [1.82, 2.24) is 14.5 Å². The first-order chi connectivity index (χ1) is 13.9. The number of imidazole rings is 1. The van der Waals surface area contributed by atoms with E-state index in [0.717, 1.165) is 29.0 Å². The average Bonchev–Trinajstić information content (AvgIpc) is 3.03. The zero-order valence-electron chi connectivity index (χ0n) is 18.1. The smallest absolute Gasteiger partial charge is 0.243 e. The first kappa shape index (κ1) is 20.9. The van der Waals surface area contributed by atoms with Gasteiger partial charge in [0.1, 0.15) is 24.7 Å². The highest BCUT2D eigenvalue weighted by Crippen LogP contribution is 2.20. The number of aromatic nitrogens is 2. The fourth-order valence-electron chi connectivity index (χ4n) is 3.77. The maximum Gasteiger partial charge on any atom is 0.243 e. The maximum atomic E-state index is 13.1. The van der Waals surface area contributed by atoms with Gasteiger partial charge in [0.15, 0.2) is 0 Å². The number of para-hydroxylation sites is 2. The summed E-state index contributed by atoms with van der Waals surface area (Å²) in [6, 6.07) is 16.3. The lowest BCUT2D eigenvalue weighted by molar-refractivity contribution is -0.135. The molecule has 0 saturated heterocycles. The van der Waals surface area contributed by atoms with Crippen LogP contribution in [0.15, 0.2) is 48.5 Å². The molecule has 29 heavy (non-hydrogen) atoms. The molecule has 1 amide bonds. The molecule has 0 fully saturated rings. The molecule has 0 atom stereocenters. The van der Waals surface area contributed by atoms with E-state index in [1.807, 2.05) is 73.6 Å². The number of hydrogen-bond acceptors (Lipinski definition) is 3. The van der Waals surface area contributed by atoms with Crippen LogP contribution in [0.1, 0.15) is 46.0 Å². The SMILES string of the molecule is CCc1ccc(OCc2nc3ccccc3n2CC(=O)N(C(C)C)C(C)C)cc1. The van der Waals surface area contributed by atoms with E-state index in [1.165, 1.54) is 5.56 Å². The summed E-state index contributed by atoms with van der Waals surface area (Å²) in [4.78, 5) is 19.7. The van der Waals surface area contributed by atoms with Crippen molar-refractivity contribution in [2.75, 3.05) is 0 Å². The molecule has 0 unspecified atom stereocenters. The molecule has 3 aromatic rings. The van der Waals surface area contributed by atoms with E-state index in [2.05, 4.69) is 19.1 Å². The molecule has 0 aliphatic rings. The molecule has 0 aliphatic carbocycles. The van der Waals surface area contributed by atoms with Crippen molar-refractivity contribution in [1.29, 1.82) is 0 Å². The molecular weight excluding hydrogens is 362 g/mol. The molecular formula is C24H31N3O2. The van der Waals surface area contributed by atoms with Crippen LogP contribution in [-0.4, -0.2) is 32.4 Å². The first-order valence-corrected chi connectivity index (χ1v) is 10.4. The third-order valence-electron chi connectivity index (χ3n) is 5.13. The third-order valence-corrected chi connectivity index (χ3v) is 5.13. The lowest BCUT2D eigenvalue weighted by Gasteiger charge is -2.31. The van der Waals surface area contributed by atoms with Gasteiger partial charge in [0, 0.05) is 12.1 Å². The molecule has 154 valence electrons. The molecule has 0 radical (unpaired) electrons. The van der Waals surface area contributed by atoms with Crippen LogP contribution in [0, 0.1) is 0 Å². The summed E-state index contributed by atoms with van der Waals surface area (Å²) in [7, 11) is 0. The van der Waals surface area contributed by atoms with Gasteiger partial charge >= 0.3 is 0 Å². The Kier molecular flexibility index (Phi) is 6.57. The van der Waals surface area contributed by atoms with E-state index in [-0.39, 0.29) is 24.5 Å². The Bertz CT molecular complexity index is 950. The second-order valence-corrected chi connectivity index (χ2v) is 7.88. The van der Waals surface area contributed by atoms with Gasteiger partial charge in [-0.05, 0) is 63.9 Å². The topological polar surface area (TPSA) is 47.4 Å². The molecule has 5 nitrogen and oxygen atoms in total. The molecule has 0 saturated carbocycles. The van der Waals surface area contributed by atoms with Crippen LogP contribution >= 0.6 is 0 Å². The zero-order chi connectivity index (χ0) is 21.0. The molecule has 1 heterocycles. The Labute approximate surface area is 173 Å². The monoisotopic (exact) mass is 393 g/mol. The number of hydrogen-bond donors (Lipinski definition) is 0. The maximum absolute atomic E-state index is 13.1. The summed E-state index contributed by atoms with van der Waals surface area (Å²) in [5.74, 6) is 1.65. The second-order valence-electron chi connectivity index (χ2n) is 7.88. The van der Waals surface area contributed by atoms with E-state index in [4.69, 9.17) is 9.72 Å². The molecule has 0 aliphatic heterocycles. The van der Waals surface area contributed by atoms with Crippen molar-refractivity contribution < 1.29 is 9.53 Å².